The van der Waals surface area contributed by atoms with E-state index in [-0.39, 0.29) is 18.4 Å². The fraction of sp³-hybridized carbons (Fsp3) is 0.351. The van der Waals surface area contributed by atoms with E-state index < -0.39 is 0 Å². The number of rotatable bonds is 6. The van der Waals surface area contributed by atoms with Gasteiger partial charge in [-0.15, -0.1) is 0 Å². The Morgan fingerprint density at radius 3 is 2.73 bits per heavy atom. The van der Waals surface area contributed by atoms with Crippen LogP contribution in [0.25, 0.3) is 22.0 Å². The molecule has 0 N–H and O–H groups in total. The maximum absolute atomic E-state index is 12.6. The van der Waals surface area contributed by atoms with Crippen LogP contribution in [0.4, 0.5) is 5.82 Å². The van der Waals surface area contributed by atoms with Crippen molar-refractivity contribution in [1.82, 2.24) is 19.8 Å². The van der Waals surface area contributed by atoms with Gasteiger partial charge in [-0.05, 0) is 91.2 Å². The zero-order chi connectivity index (χ0) is 30.9. The van der Waals surface area contributed by atoms with Crippen molar-refractivity contribution >= 4 is 22.6 Å². The number of likely N-dealkylation sites (N-methyl/N-ethyl adjacent to an activating group) is 1. The summed E-state index contributed by atoms with van der Waals surface area (Å²) in [7, 11) is 2.14. The average molecular weight is 599 g/mol. The lowest BCUT2D eigenvalue weighted by Gasteiger charge is -2.41. The largest absolute Gasteiger partial charge is 0.424 e. The third-order valence-electron chi connectivity index (χ3n) is 9.55. The number of carbonyl (C=O) groups excluding carboxylic acids is 1. The molecule has 45 heavy (non-hydrogen) atoms. The molecular weight excluding hydrogens is 560 g/mol. The maximum atomic E-state index is 12.6. The summed E-state index contributed by atoms with van der Waals surface area (Å²) in [6.07, 6.45) is 7.13. The van der Waals surface area contributed by atoms with Gasteiger partial charge in [0, 0.05) is 43.7 Å². The van der Waals surface area contributed by atoms with Crippen molar-refractivity contribution in [1.29, 1.82) is 5.26 Å². The molecule has 8 nitrogen and oxygen atoms in total. The molecule has 7 rings (SSSR count). The van der Waals surface area contributed by atoms with Crippen LogP contribution in [0.5, 0.6) is 11.8 Å². The van der Waals surface area contributed by atoms with Gasteiger partial charge in [0.15, 0.2) is 0 Å². The van der Waals surface area contributed by atoms with Gasteiger partial charge in [-0.25, -0.2) is 0 Å². The van der Waals surface area contributed by atoms with Gasteiger partial charge in [-0.3, -0.25) is 4.79 Å². The number of hydrogen-bond donors (Lipinski definition) is 0. The van der Waals surface area contributed by atoms with Crippen molar-refractivity contribution in [3.05, 3.63) is 89.5 Å². The van der Waals surface area contributed by atoms with E-state index in [0.717, 1.165) is 60.4 Å². The van der Waals surface area contributed by atoms with Crippen LogP contribution in [-0.2, 0) is 30.6 Å². The number of aromatic nitrogens is 2. The van der Waals surface area contributed by atoms with Gasteiger partial charge in [0.25, 0.3) is 0 Å². The number of hydrogen-bond acceptors (Lipinski definition) is 7. The summed E-state index contributed by atoms with van der Waals surface area (Å²) in [6.45, 7) is 7.06. The van der Waals surface area contributed by atoms with Crippen molar-refractivity contribution in [2.75, 3.05) is 38.1 Å². The molecule has 0 unspecified atom stereocenters. The zero-order valence-electron chi connectivity index (χ0n) is 25.8. The number of benzene rings is 3. The molecule has 1 saturated heterocycles. The number of piperazine rings is 1. The SMILES string of the molecule is C=CC(=O)N1CCN(c2nc(Oc3cccc4c3CCN(C)C4)nc3cc(-c4cccc5c4CCCC5)ccc23)C[C@@H]1CC#N. The minimum Gasteiger partial charge on any atom is -0.424 e. The van der Waals surface area contributed by atoms with E-state index in [4.69, 9.17) is 14.7 Å². The number of aryl methyl sites for hydroxylation is 1. The monoisotopic (exact) mass is 598 g/mol. The van der Waals surface area contributed by atoms with Crippen molar-refractivity contribution in [2.45, 2.75) is 51.1 Å². The molecule has 3 heterocycles. The minimum atomic E-state index is -0.267. The molecule has 3 aromatic carbocycles. The summed E-state index contributed by atoms with van der Waals surface area (Å²) in [5.41, 5.74) is 8.58. The normalized spacial score (nSPS) is 18.2. The minimum absolute atomic E-state index is 0.151. The van der Waals surface area contributed by atoms with Gasteiger partial charge in [0.2, 0.25) is 5.91 Å². The fourth-order valence-corrected chi connectivity index (χ4v) is 7.24. The summed E-state index contributed by atoms with van der Waals surface area (Å²) in [4.78, 5) is 28.9. The number of nitrogens with zero attached hydrogens (tertiary/aromatic N) is 6. The van der Waals surface area contributed by atoms with Gasteiger partial charge >= 0.3 is 6.01 Å². The molecule has 228 valence electrons. The molecule has 0 radical (unpaired) electrons. The van der Waals surface area contributed by atoms with Crippen molar-refractivity contribution in [3.8, 4) is 29.0 Å². The summed E-state index contributed by atoms with van der Waals surface area (Å²) >= 11 is 0. The Kier molecular flexibility index (Phi) is 7.95. The summed E-state index contributed by atoms with van der Waals surface area (Å²) in [6, 6.07) is 21.6. The molecule has 1 aromatic heterocycles. The van der Waals surface area contributed by atoms with Gasteiger partial charge in [0.1, 0.15) is 11.6 Å². The zero-order valence-corrected chi connectivity index (χ0v) is 25.8. The molecule has 0 spiro atoms. The van der Waals surface area contributed by atoms with Crippen LogP contribution in [0.2, 0.25) is 0 Å². The first-order valence-corrected chi connectivity index (χ1v) is 16.0. The first-order valence-electron chi connectivity index (χ1n) is 16.0. The Hall–Kier alpha value is -4.74. The van der Waals surface area contributed by atoms with Crippen LogP contribution in [-0.4, -0.2) is 64.9 Å². The summed E-state index contributed by atoms with van der Waals surface area (Å²) in [5, 5.41) is 10.5. The summed E-state index contributed by atoms with van der Waals surface area (Å²) in [5.74, 6) is 1.40. The van der Waals surface area contributed by atoms with Crippen molar-refractivity contribution in [3.63, 3.8) is 0 Å². The smallest absolute Gasteiger partial charge is 0.324 e. The van der Waals surface area contributed by atoms with Crippen molar-refractivity contribution in [2.24, 2.45) is 0 Å². The van der Waals surface area contributed by atoms with Crippen LogP contribution in [0, 0.1) is 11.3 Å². The topological polar surface area (TPSA) is 85.6 Å². The van der Waals surface area contributed by atoms with Crippen LogP contribution in [0.15, 0.2) is 67.3 Å². The quantitative estimate of drug-likeness (QED) is 0.249. The highest BCUT2D eigenvalue weighted by atomic mass is 16.5. The molecule has 0 bridgehead atoms. The highest BCUT2D eigenvalue weighted by molar-refractivity contribution is 5.93. The van der Waals surface area contributed by atoms with Crippen LogP contribution < -0.4 is 9.64 Å². The van der Waals surface area contributed by atoms with Gasteiger partial charge in [0.05, 0.1) is 24.0 Å². The number of ether oxygens (including phenoxy) is 1. The van der Waals surface area contributed by atoms with E-state index in [1.165, 1.54) is 46.7 Å². The molecule has 3 aliphatic rings. The molecule has 1 fully saturated rings. The van der Waals surface area contributed by atoms with Gasteiger partial charge < -0.3 is 19.4 Å². The second kappa shape index (κ2) is 12.3. The Bertz CT molecular complexity index is 1830. The van der Waals surface area contributed by atoms with Gasteiger partial charge in [-0.2, -0.15) is 15.2 Å². The lowest BCUT2D eigenvalue weighted by molar-refractivity contribution is -0.128. The van der Waals surface area contributed by atoms with Crippen molar-refractivity contribution < 1.29 is 9.53 Å². The number of amides is 1. The molecule has 1 atom stereocenters. The fourth-order valence-electron chi connectivity index (χ4n) is 7.24. The van der Waals surface area contributed by atoms with E-state index in [9.17, 15) is 10.1 Å². The van der Waals surface area contributed by atoms with Crippen LogP contribution in [0.1, 0.15) is 41.5 Å². The molecule has 2 aliphatic heterocycles. The lowest BCUT2D eigenvalue weighted by atomic mass is 9.86. The standard InChI is InChI=1S/C37H38N6O2/c1-3-35(44)43-21-20-42(24-28(43)16-18-38)36-32-15-14-26(30-12-6-9-25-8-4-5-11-29(25)30)22-33(32)39-37(40-36)45-34-13-7-10-27-23-41(2)19-17-31(27)34/h3,6-7,9-10,12-15,22,28H,1,4-5,8,11,16-17,19-21,23-24H2,2H3/t28-/m0/s1. The van der Waals surface area contributed by atoms with E-state index in [1.54, 1.807) is 4.90 Å². The molecule has 1 aliphatic carbocycles. The van der Waals surface area contributed by atoms with E-state index in [2.05, 4.69) is 72.0 Å². The molecular formula is C37H38N6O2. The van der Waals surface area contributed by atoms with E-state index >= 15 is 0 Å². The highest BCUT2D eigenvalue weighted by Crippen LogP contribution is 2.37. The third kappa shape index (κ3) is 5.65. The average Bonchev–Trinajstić information content (AvgIpc) is 3.07. The third-order valence-corrected chi connectivity index (χ3v) is 9.55. The predicted octanol–water partition coefficient (Wildman–Crippen LogP) is 6.07. The lowest BCUT2D eigenvalue weighted by Crippen LogP contribution is -2.55. The maximum Gasteiger partial charge on any atom is 0.324 e. The van der Waals surface area contributed by atoms with Gasteiger partial charge in [-0.1, -0.05) is 43.0 Å². The second-order valence-electron chi connectivity index (χ2n) is 12.4. The number of anilines is 1. The first-order chi connectivity index (χ1) is 22.0. The predicted molar refractivity (Wildman–Crippen MR) is 176 cm³/mol. The van der Waals surface area contributed by atoms with E-state index in [0.29, 0.717) is 25.6 Å². The Balaban J connectivity index is 1.32. The van der Waals surface area contributed by atoms with Crippen LogP contribution in [0.3, 0.4) is 0 Å². The van der Waals surface area contributed by atoms with E-state index in [1.807, 2.05) is 12.1 Å². The molecule has 8 heteroatoms. The Morgan fingerprint density at radius 1 is 1.02 bits per heavy atom. The highest BCUT2D eigenvalue weighted by Gasteiger charge is 2.31. The van der Waals surface area contributed by atoms with Crippen LogP contribution >= 0.6 is 0 Å². The molecule has 4 aromatic rings. The number of carbonyl (C=O) groups is 1. The number of nitriles is 1. The first kappa shape index (κ1) is 29.0. The Morgan fingerprint density at radius 2 is 1.87 bits per heavy atom. The Labute approximate surface area is 264 Å². The summed E-state index contributed by atoms with van der Waals surface area (Å²) < 4.78 is 6.54. The number of fused-ring (bicyclic) bond motifs is 3. The molecule has 0 saturated carbocycles. The molecule has 1 amide bonds. The second-order valence-corrected chi connectivity index (χ2v) is 12.4.